The van der Waals surface area contributed by atoms with Crippen molar-refractivity contribution in [1.29, 1.82) is 0 Å². The Labute approximate surface area is 84.7 Å². The molecule has 0 saturated heterocycles. The predicted molar refractivity (Wildman–Crippen MR) is 53.8 cm³/mol. The fraction of sp³-hybridized carbons (Fsp3) is 0.222. The number of hydrogen-bond donors (Lipinski definition) is 1. The summed E-state index contributed by atoms with van der Waals surface area (Å²) in [5, 5.41) is 13.4. The standard InChI is InChI=1S/C9H9N3O3/c1-11-9(13)7-4-2-6(12(14)15)3-5-8(7)10-11/h2-4,10H,5H2,1H3. The molecule has 15 heavy (non-hydrogen) atoms. The highest BCUT2D eigenvalue weighted by Crippen LogP contribution is 2.13. The molecule has 0 spiro atoms. The summed E-state index contributed by atoms with van der Waals surface area (Å²) in [5.41, 5.74) is 1.04. The molecule has 6 nitrogen and oxygen atoms in total. The predicted octanol–water partition coefficient (Wildman–Crippen LogP) is 0.443. The molecule has 0 amide bonds. The van der Waals surface area contributed by atoms with Gasteiger partial charge in [0.15, 0.2) is 0 Å². The molecular weight excluding hydrogens is 198 g/mol. The van der Waals surface area contributed by atoms with Gasteiger partial charge in [0, 0.05) is 25.2 Å². The number of nitro groups is 1. The Bertz CT molecular complexity index is 533. The van der Waals surface area contributed by atoms with Gasteiger partial charge in [-0.3, -0.25) is 24.7 Å². The topological polar surface area (TPSA) is 80.9 Å². The quantitative estimate of drug-likeness (QED) is 0.536. The van der Waals surface area contributed by atoms with Crippen LogP contribution in [-0.2, 0) is 13.5 Å². The summed E-state index contributed by atoms with van der Waals surface area (Å²) in [7, 11) is 1.61. The molecule has 0 bridgehead atoms. The molecule has 0 fully saturated rings. The number of aromatic amines is 1. The normalized spacial score (nSPS) is 14.3. The van der Waals surface area contributed by atoms with Crippen LogP contribution in [0.1, 0.15) is 11.3 Å². The molecular formula is C9H9N3O3. The lowest BCUT2D eigenvalue weighted by atomic mass is 10.2. The van der Waals surface area contributed by atoms with E-state index in [1.165, 1.54) is 22.9 Å². The largest absolute Gasteiger partial charge is 0.299 e. The SMILES string of the molecule is Cn1[nH]c2c(c1=O)C=CC([N+](=O)[O-])=CC2. The summed E-state index contributed by atoms with van der Waals surface area (Å²) in [6, 6.07) is 0. The molecule has 0 aliphatic heterocycles. The maximum absolute atomic E-state index is 11.5. The highest BCUT2D eigenvalue weighted by atomic mass is 16.6. The molecule has 1 aliphatic carbocycles. The van der Waals surface area contributed by atoms with E-state index in [4.69, 9.17) is 0 Å². The molecule has 1 N–H and O–H groups in total. The van der Waals surface area contributed by atoms with Crippen LogP contribution in [0.3, 0.4) is 0 Å². The number of rotatable bonds is 1. The Morgan fingerprint density at radius 2 is 2.27 bits per heavy atom. The minimum Gasteiger partial charge on any atom is -0.299 e. The van der Waals surface area contributed by atoms with Crippen LogP contribution in [0.4, 0.5) is 0 Å². The van der Waals surface area contributed by atoms with E-state index in [9.17, 15) is 14.9 Å². The van der Waals surface area contributed by atoms with Gasteiger partial charge in [-0.2, -0.15) is 0 Å². The second-order valence-electron chi connectivity index (χ2n) is 3.29. The zero-order valence-corrected chi connectivity index (χ0v) is 8.06. The van der Waals surface area contributed by atoms with Crippen molar-refractivity contribution in [3.05, 3.63) is 49.6 Å². The third-order valence-electron chi connectivity index (χ3n) is 2.31. The molecule has 2 rings (SSSR count). The van der Waals surface area contributed by atoms with Crippen LogP contribution in [0.15, 0.2) is 22.6 Å². The first-order valence-electron chi connectivity index (χ1n) is 4.40. The van der Waals surface area contributed by atoms with Crippen molar-refractivity contribution in [2.45, 2.75) is 6.42 Å². The van der Waals surface area contributed by atoms with Gasteiger partial charge in [0.05, 0.1) is 10.5 Å². The van der Waals surface area contributed by atoms with Crippen LogP contribution < -0.4 is 5.56 Å². The van der Waals surface area contributed by atoms with Crippen LogP contribution in [0.5, 0.6) is 0 Å². The fourth-order valence-electron chi connectivity index (χ4n) is 1.53. The van der Waals surface area contributed by atoms with Gasteiger partial charge < -0.3 is 0 Å². The zero-order chi connectivity index (χ0) is 11.0. The minimum absolute atomic E-state index is 0.0154. The van der Waals surface area contributed by atoms with Crippen LogP contribution in [-0.4, -0.2) is 14.7 Å². The summed E-state index contributed by atoms with van der Waals surface area (Å²) in [4.78, 5) is 21.6. The lowest BCUT2D eigenvalue weighted by Gasteiger charge is -1.90. The van der Waals surface area contributed by atoms with Crippen molar-refractivity contribution in [2.75, 3.05) is 0 Å². The van der Waals surface area contributed by atoms with E-state index in [1.807, 2.05) is 0 Å². The minimum atomic E-state index is -0.465. The average Bonchev–Trinajstić information content (AvgIpc) is 2.40. The monoisotopic (exact) mass is 207 g/mol. The Kier molecular flexibility index (Phi) is 2.03. The summed E-state index contributed by atoms with van der Waals surface area (Å²) in [6.45, 7) is 0. The summed E-state index contributed by atoms with van der Waals surface area (Å²) in [6.07, 6.45) is 4.68. The number of aryl methyl sites for hydroxylation is 1. The number of hydrogen-bond acceptors (Lipinski definition) is 3. The molecule has 0 aromatic carbocycles. The molecule has 6 heteroatoms. The molecule has 0 radical (unpaired) electrons. The van der Waals surface area contributed by atoms with Crippen molar-refractivity contribution in [2.24, 2.45) is 7.05 Å². The Morgan fingerprint density at radius 3 is 2.93 bits per heavy atom. The van der Waals surface area contributed by atoms with Crippen molar-refractivity contribution in [3.63, 3.8) is 0 Å². The maximum atomic E-state index is 11.5. The first-order chi connectivity index (χ1) is 7.09. The lowest BCUT2D eigenvalue weighted by Crippen LogP contribution is -2.13. The zero-order valence-electron chi connectivity index (χ0n) is 8.06. The highest BCUT2D eigenvalue weighted by molar-refractivity contribution is 5.55. The molecule has 0 atom stereocenters. The van der Waals surface area contributed by atoms with Crippen molar-refractivity contribution >= 4 is 6.08 Å². The average molecular weight is 207 g/mol. The van der Waals surface area contributed by atoms with Crippen LogP contribution in [0.25, 0.3) is 6.08 Å². The van der Waals surface area contributed by atoms with Crippen molar-refractivity contribution in [3.8, 4) is 0 Å². The Hall–Kier alpha value is -2.11. The van der Waals surface area contributed by atoms with Crippen LogP contribution in [0, 0.1) is 10.1 Å². The van der Waals surface area contributed by atoms with Gasteiger partial charge in [-0.15, -0.1) is 0 Å². The van der Waals surface area contributed by atoms with Gasteiger partial charge >= 0.3 is 0 Å². The third kappa shape index (κ3) is 1.50. The highest BCUT2D eigenvalue weighted by Gasteiger charge is 2.15. The first kappa shape index (κ1) is 9.45. The van der Waals surface area contributed by atoms with Crippen LogP contribution >= 0.6 is 0 Å². The van der Waals surface area contributed by atoms with E-state index >= 15 is 0 Å². The van der Waals surface area contributed by atoms with Gasteiger partial charge in [0.1, 0.15) is 0 Å². The molecule has 1 aromatic heterocycles. The third-order valence-corrected chi connectivity index (χ3v) is 2.31. The van der Waals surface area contributed by atoms with Gasteiger partial charge in [-0.1, -0.05) is 0 Å². The molecule has 1 heterocycles. The van der Waals surface area contributed by atoms with E-state index in [2.05, 4.69) is 5.10 Å². The van der Waals surface area contributed by atoms with Crippen LogP contribution in [0.2, 0.25) is 0 Å². The van der Waals surface area contributed by atoms with E-state index in [0.717, 1.165) is 0 Å². The molecule has 0 saturated carbocycles. The maximum Gasteiger partial charge on any atom is 0.273 e. The Balaban J connectivity index is 2.50. The number of nitrogens with zero attached hydrogens (tertiary/aromatic N) is 2. The summed E-state index contributed by atoms with van der Waals surface area (Å²) < 4.78 is 1.36. The Morgan fingerprint density at radius 1 is 1.53 bits per heavy atom. The van der Waals surface area contributed by atoms with Crippen molar-refractivity contribution in [1.82, 2.24) is 9.78 Å². The van der Waals surface area contributed by atoms with Gasteiger partial charge in [-0.25, -0.2) is 0 Å². The van der Waals surface area contributed by atoms with E-state index in [1.54, 1.807) is 7.05 Å². The molecule has 1 aromatic rings. The molecule has 1 aliphatic rings. The number of H-pyrrole nitrogens is 1. The van der Waals surface area contributed by atoms with Gasteiger partial charge in [-0.05, 0) is 12.2 Å². The molecule has 0 unspecified atom stereocenters. The van der Waals surface area contributed by atoms with Crippen molar-refractivity contribution < 1.29 is 4.92 Å². The van der Waals surface area contributed by atoms with E-state index < -0.39 is 4.92 Å². The first-order valence-corrected chi connectivity index (χ1v) is 4.40. The molecule has 78 valence electrons. The second kappa shape index (κ2) is 3.23. The van der Waals surface area contributed by atoms with Gasteiger partial charge in [0.2, 0.25) is 0 Å². The summed E-state index contributed by atoms with van der Waals surface area (Å²) in [5.74, 6) is 0. The second-order valence-corrected chi connectivity index (χ2v) is 3.29. The van der Waals surface area contributed by atoms with E-state index in [-0.39, 0.29) is 11.3 Å². The van der Waals surface area contributed by atoms with Gasteiger partial charge in [0.25, 0.3) is 11.3 Å². The fourth-order valence-corrected chi connectivity index (χ4v) is 1.53. The number of aromatic nitrogens is 2. The van der Waals surface area contributed by atoms with E-state index in [0.29, 0.717) is 17.7 Å². The summed E-state index contributed by atoms with van der Waals surface area (Å²) >= 11 is 0. The smallest absolute Gasteiger partial charge is 0.273 e. The number of nitrogens with one attached hydrogen (secondary N) is 1. The number of allylic oxidation sites excluding steroid dienone is 2. The lowest BCUT2D eigenvalue weighted by molar-refractivity contribution is -0.419. The number of fused-ring (bicyclic) bond motifs is 1.